The second-order valence-electron chi connectivity index (χ2n) is 8.57. The van der Waals surface area contributed by atoms with Crippen molar-refractivity contribution in [3.05, 3.63) is 122 Å². The summed E-state index contributed by atoms with van der Waals surface area (Å²) in [5, 5.41) is 10.1. The number of pyridine rings is 1. The van der Waals surface area contributed by atoms with Gasteiger partial charge in [0.2, 0.25) is 0 Å². The number of hydrogen-bond acceptors (Lipinski definition) is 5. The van der Waals surface area contributed by atoms with Gasteiger partial charge in [0.05, 0.1) is 18.9 Å². The van der Waals surface area contributed by atoms with E-state index in [9.17, 15) is 14.0 Å². The van der Waals surface area contributed by atoms with E-state index >= 15 is 0 Å². The summed E-state index contributed by atoms with van der Waals surface area (Å²) in [6.45, 7) is -0.203. The molecule has 9 heteroatoms. The Morgan fingerprint density at radius 2 is 1.65 bits per heavy atom. The molecule has 8 nitrogen and oxygen atoms in total. The number of halogens is 1. The second-order valence-corrected chi connectivity index (χ2v) is 8.57. The third-order valence-electron chi connectivity index (χ3n) is 6.05. The molecule has 0 bridgehead atoms. The van der Waals surface area contributed by atoms with Gasteiger partial charge in [-0.25, -0.2) is 4.39 Å². The van der Waals surface area contributed by atoms with E-state index in [1.807, 2.05) is 60.7 Å². The van der Waals surface area contributed by atoms with Crippen LogP contribution < -0.4 is 10.9 Å². The fraction of sp³-hybridized carbons (Fsp3) is 0.250. The number of ether oxygens (including phenoxy) is 2. The molecule has 0 atom stereocenters. The summed E-state index contributed by atoms with van der Waals surface area (Å²) in [6.07, 6.45) is 2.62. The van der Waals surface area contributed by atoms with Gasteiger partial charge in [0.1, 0.15) is 0 Å². The molecule has 0 fully saturated rings. The molecule has 1 amide bonds. The molecular weight excluding hydrogens is 475 g/mol. The minimum absolute atomic E-state index is 0.0950. The topological polar surface area (TPSA) is 109 Å². The standard InChI is InChI=1S/C28H29FN4O4/c1-36-17-25-24(14-20-10-8-19(9-11-20)13-21-7-4-12-30-27(21)34)26(33-32-25)28(35)31-15-22-5-2-3-6-23(22)16-37-18-29/h2-12H,13-18H2,1H3,(H,30,34)(H,31,35)(H,32,33). The van der Waals surface area contributed by atoms with Crippen LogP contribution in [-0.2, 0) is 42.1 Å². The van der Waals surface area contributed by atoms with Crippen LogP contribution in [0.25, 0.3) is 0 Å². The fourth-order valence-electron chi connectivity index (χ4n) is 4.12. The van der Waals surface area contributed by atoms with Crippen LogP contribution in [0.1, 0.15) is 49.6 Å². The highest BCUT2D eigenvalue weighted by Crippen LogP contribution is 2.19. The van der Waals surface area contributed by atoms with E-state index in [0.29, 0.717) is 24.1 Å². The molecule has 0 saturated carbocycles. The van der Waals surface area contributed by atoms with Crippen molar-refractivity contribution in [1.29, 1.82) is 0 Å². The lowest BCUT2D eigenvalue weighted by Gasteiger charge is -2.11. The maximum atomic E-state index is 13.1. The number of nitrogens with one attached hydrogen (secondary N) is 3. The second kappa shape index (κ2) is 12.8. The average molecular weight is 505 g/mol. The Kier molecular flexibility index (Phi) is 8.96. The quantitative estimate of drug-likeness (QED) is 0.272. The molecule has 4 aromatic rings. The van der Waals surface area contributed by atoms with Crippen LogP contribution in [0.2, 0.25) is 0 Å². The number of amides is 1. The average Bonchev–Trinajstić information content (AvgIpc) is 3.31. The Labute approximate surface area is 213 Å². The zero-order chi connectivity index (χ0) is 26.0. The number of nitrogens with zero attached hydrogens (tertiary/aromatic N) is 1. The highest BCUT2D eigenvalue weighted by atomic mass is 19.1. The third-order valence-corrected chi connectivity index (χ3v) is 6.05. The van der Waals surface area contributed by atoms with Crippen molar-refractivity contribution in [2.75, 3.05) is 14.0 Å². The van der Waals surface area contributed by atoms with Crippen LogP contribution in [-0.4, -0.2) is 35.1 Å². The van der Waals surface area contributed by atoms with Gasteiger partial charge in [-0.1, -0.05) is 54.6 Å². The van der Waals surface area contributed by atoms with E-state index in [-0.39, 0.29) is 31.2 Å². The highest BCUT2D eigenvalue weighted by Gasteiger charge is 2.20. The summed E-state index contributed by atoms with van der Waals surface area (Å²) in [5.41, 5.74) is 6.03. The normalized spacial score (nSPS) is 11.0. The highest BCUT2D eigenvalue weighted by molar-refractivity contribution is 5.94. The van der Waals surface area contributed by atoms with Crippen LogP contribution in [0.5, 0.6) is 0 Å². The van der Waals surface area contributed by atoms with E-state index in [4.69, 9.17) is 9.47 Å². The first-order valence-electron chi connectivity index (χ1n) is 11.9. The molecule has 0 saturated heterocycles. The number of benzene rings is 2. The number of H-pyrrole nitrogens is 2. The van der Waals surface area contributed by atoms with Crippen molar-refractivity contribution < 1.29 is 18.7 Å². The van der Waals surface area contributed by atoms with E-state index in [1.54, 1.807) is 13.3 Å². The monoisotopic (exact) mass is 504 g/mol. The molecule has 37 heavy (non-hydrogen) atoms. The summed E-state index contributed by atoms with van der Waals surface area (Å²) < 4.78 is 22.6. The Balaban J connectivity index is 1.48. The number of carbonyl (C=O) groups excluding carboxylic acids is 1. The lowest BCUT2D eigenvalue weighted by Crippen LogP contribution is -2.25. The van der Waals surface area contributed by atoms with Crippen molar-refractivity contribution >= 4 is 5.91 Å². The number of aromatic nitrogens is 3. The molecule has 2 aromatic carbocycles. The largest absolute Gasteiger partial charge is 0.378 e. The van der Waals surface area contributed by atoms with Crippen molar-refractivity contribution in [1.82, 2.24) is 20.5 Å². The Morgan fingerprint density at radius 1 is 0.946 bits per heavy atom. The molecule has 0 radical (unpaired) electrons. The molecule has 4 rings (SSSR count). The van der Waals surface area contributed by atoms with Crippen LogP contribution >= 0.6 is 0 Å². The minimum atomic E-state index is -0.870. The summed E-state index contributed by atoms with van der Waals surface area (Å²) in [5.74, 6) is -0.324. The lowest BCUT2D eigenvalue weighted by atomic mass is 9.99. The van der Waals surface area contributed by atoms with Crippen LogP contribution in [0, 0.1) is 0 Å². The van der Waals surface area contributed by atoms with Gasteiger partial charge in [-0.2, -0.15) is 5.10 Å². The minimum Gasteiger partial charge on any atom is -0.378 e. The number of methoxy groups -OCH3 is 1. The molecular formula is C28H29FN4O4. The Morgan fingerprint density at radius 3 is 2.35 bits per heavy atom. The maximum absolute atomic E-state index is 13.1. The summed E-state index contributed by atoms with van der Waals surface area (Å²) in [7, 11) is 1.58. The first-order valence-corrected chi connectivity index (χ1v) is 11.9. The molecule has 2 aromatic heterocycles. The van der Waals surface area contributed by atoms with Gasteiger partial charge >= 0.3 is 0 Å². The fourth-order valence-corrected chi connectivity index (χ4v) is 4.12. The summed E-state index contributed by atoms with van der Waals surface area (Å²) >= 11 is 0. The van der Waals surface area contributed by atoms with Gasteiger partial charge < -0.3 is 19.8 Å². The summed E-state index contributed by atoms with van der Waals surface area (Å²) in [4.78, 5) is 27.8. The van der Waals surface area contributed by atoms with Gasteiger partial charge in [-0.15, -0.1) is 0 Å². The smallest absolute Gasteiger partial charge is 0.272 e. The number of rotatable bonds is 12. The van der Waals surface area contributed by atoms with Gasteiger partial charge in [0, 0.05) is 43.8 Å². The molecule has 0 unspecified atom stereocenters. The maximum Gasteiger partial charge on any atom is 0.272 e. The number of aromatic amines is 2. The molecule has 0 aliphatic heterocycles. The van der Waals surface area contributed by atoms with Crippen molar-refractivity contribution in [3.63, 3.8) is 0 Å². The predicted molar refractivity (Wildman–Crippen MR) is 137 cm³/mol. The van der Waals surface area contributed by atoms with Gasteiger partial charge in [-0.3, -0.25) is 14.7 Å². The van der Waals surface area contributed by atoms with Crippen molar-refractivity contribution in [3.8, 4) is 0 Å². The summed E-state index contributed by atoms with van der Waals surface area (Å²) in [6, 6.07) is 19.0. The lowest BCUT2D eigenvalue weighted by molar-refractivity contribution is 0.0458. The van der Waals surface area contributed by atoms with E-state index in [2.05, 4.69) is 20.5 Å². The first kappa shape index (κ1) is 26.0. The number of alkyl halides is 1. The van der Waals surface area contributed by atoms with Gasteiger partial charge in [0.25, 0.3) is 11.5 Å². The molecule has 0 aliphatic carbocycles. The third kappa shape index (κ3) is 6.78. The van der Waals surface area contributed by atoms with E-state index in [0.717, 1.165) is 33.5 Å². The zero-order valence-electron chi connectivity index (χ0n) is 20.6. The zero-order valence-corrected chi connectivity index (χ0v) is 20.6. The van der Waals surface area contributed by atoms with Crippen molar-refractivity contribution in [2.45, 2.75) is 32.6 Å². The van der Waals surface area contributed by atoms with Crippen LogP contribution in [0.15, 0.2) is 71.7 Å². The predicted octanol–water partition coefficient (Wildman–Crippen LogP) is 3.80. The Hall–Kier alpha value is -4.08. The molecule has 0 spiro atoms. The van der Waals surface area contributed by atoms with Crippen molar-refractivity contribution in [2.24, 2.45) is 0 Å². The van der Waals surface area contributed by atoms with E-state index in [1.165, 1.54) is 0 Å². The number of carbonyl (C=O) groups is 1. The van der Waals surface area contributed by atoms with Crippen LogP contribution in [0.3, 0.4) is 0 Å². The van der Waals surface area contributed by atoms with E-state index < -0.39 is 6.86 Å². The van der Waals surface area contributed by atoms with Gasteiger partial charge in [-0.05, 0) is 28.3 Å². The first-order chi connectivity index (χ1) is 18.1. The van der Waals surface area contributed by atoms with Gasteiger partial charge in [0.15, 0.2) is 12.6 Å². The molecule has 3 N–H and O–H groups in total. The SMILES string of the molecule is COCc1[nH]nc(C(=O)NCc2ccccc2COCF)c1Cc1ccc(Cc2ccc[nH]c2=O)cc1. The number of hydrogen-bond donors (Lipinski definition) is 3. The molecule has 0 aliphatic rings. The Bertz CT molecular complexity index is 1380. The van der Waals surface area contributed by atoms with Crippen LogP contribution in [0.4, 0.5) is 4.39 Å². The molecule has 2 heterocycles. The molecule has 192 valence electrons.